The third-order valence-corrected chi connectivity index (χ3v) is 3.78. The van der Waals surface area contributed by atoms with E-state index in [0.717, 1.165) is 16.8 Å². The van der Waals surface area contributed by atoms with Crippen molar-refractivity contribution in [3.05, 3.63) is 33.1 Å². The highest BCUT2D eigenvalue weighted by molar-refractivity contribution is 5.71. The number of likely N-dealkylation sites (N-methyl/N-ethyl adjacent to an activating group) is 1. The molecule has 1 aromatic rings. The molecule has 0 radical (unpaired) electrons. The van der Waals surface area contributed by atoms with Gasteiger partial charge in [0.2, 0.25) is 6.10 Å². The molecule has 0 spiro atoms. The highest BCUT2D eigenvalue weighted by Crippen LogP contribution is 2.44. The van der Waals surface area contributed by atoms with Gasteiger partial charge in [-0.1, -0.05) is 0 Å². The molecule has 12 heteroatoms. The molecule has 0 saturated carbocycles. The number of carbonyl (C=O) groups is 2. The Hall–Kier alpha value is -2.73. The van der Waals surface area contributed by atoms with E-state index in [1.807, 2.05) is 4.98 Å². The number of halogens is 1. The zero-order valence-corrected chi connectivity index (χ0v) is 13.8. The van der Waals surface area contributed by atoms with E-state index in [1.165, 1.54) is 4.90 Å². The largest absolute Gasteiger partial charge is 0.509 e. The zero-order valence-electron chi connectivity index (χ0n) is 13.8. The maximum absolute atomic E-state index is 15.2. The third-order valence-electron chi connectivity index (χ3n) is 3.78. The summed E-state index contributed by atoms with van der Waals surface area (Å²) in [5.41, 5.74) is -1.55. The Morgan fingerprint density at radius 3 is 2.77 bits per heavy atom. The molecule has 3 heterocycles. The van der Waals surface area contributed by atoms with E-state index in [2.05, 4.69) is 0 Å². The zero-order chi connectivity index (χ0) is 19.1. The van der Waals surface area contributed by atoms with Crippen molar-refractivity contribution in [1.29, 1.82) is 0 Å². The summed E-state index contributed by atoms with van der Waals surface area (Å²) >= 11 is 0. The normalized spacial score (nSPS) is 30.0. The molecule has 0 unspecified atom stereocenters. The number of aromatic nitrogens is 2. The van der Waals surface area contributed by atoms with Gasteiger partial charge in [-0.2, -0.15) is 0 Å². The van der Waals surface area contributed by atoms with E-state index in [4.69, 9.17) is 18.9 Å². The van der Waals surface area contributed by atoms with Gasteiger partial charge in [0, 0.05) is 12.3 Å². The standard InChI is InChI=1S/C14H16FN3O8/c1-17(2)5-8(20)23-6-14(15)10-9(24-13(22)25-10)11(26-14)18-4-3-7(19)16-12(18)21/h3-4,9-11H,5-6H2,1-2H3,(H,16,19,21)/t9-,10+,11-,14-/m1/s1. The quantitative estimate of drug-likeness (QED) is 0.629. The van der Waals surface area contributed by atoms with Crippen LogP contribution in [0.2, 0.25) is 0 Å². The second kappa shape index (κ2) is 6.53. The van der Waals surface area contributed by atoms with Crippen molar-refractivity contribution in [3.8, 4) is 0 Å². The van der Waals surface area contributed by atoms with Crippen molar-refractivity contribution in [1.82, 2.24) is 14.5 Å². The van der Waals surface area contributed by atoms with Crippen molar-refractivity contribution in [2.75, 3.05) is 27.2 Å². The highest BCUT2D eigenvalue weighted by Gasteiger charge is 2.65. The molecule has 2 aliphatic heterocycles. The summed E-state index contributed by atoms with van der Waals surface area (Å²) in [4.78, 5) is 49.7. The Bertz CT molecular complexity index is 836. The van der Waals surface area contributed by atoms with Crippen LogP contribution in [-0.4, -0.2) is 71.9 Å². The van der Waals surface area contributed by atoms with Crippen molar-refractivity contribution < 1.29 is 32.9 Å². The molecule has 26 heavy (non-hydrogen) atoms. The average Bonchev–Trinajstić information content (AvgIpc) is 3.03. The number of aromatic amines is 1. The number of hydrogen-bond donors (Lipinski definition) is 1. The van der Waals surface area contributed by atoms with Crippen molar-refractivity contribution >= 4 is 12.1 Å². The van der Waals surface area contributed by atoms with Crippen LogP contribution in [0, 0.1) is 0 Å². The number of esters is 1. The second-order valence-corrected chi connectivity index (χ2v) is 6.08. The minimum atomic E-state index is -2.72. The summed E-state index contributed by atoms with van der Waals surface area (Å²) < 4.78 is 35.8. The first kappa shape index (κ1) is 18.1. The molecule has 4 atom stereocenters. The van der Waals surface area contributed by atoms with Gasteiger partial charge in [-0.25, -0.2) is 14.0 Å². The fraction of sp³-hybridized carbons (Fsp3) is 0.571. The number of nitrogens with zero attached hydrogens (tertiary/aromatic N) is 2. The SMILES string of the molecule is CN(C)CC(=O)OC[C@@]1(F)O[C@@H](n2ccc(=O)[nH]c2=O)[C@@H]2OC(=O)O[C@@H]21. The molecule has 1 aromatic heterocycles. The van der Waals surface area contributed by atoms with Gasteiger partial charge in [-0.15, -0.1) is 0 Å². The summed E-state index contributed by atoms with van der Waals surface area (Å²) in [5, 5.41) is 0. The lowest BCUT2D eigenvalue weighted by Crippen LogP contribution is -2.43. The van der Waals surface area contributed by atoms with Gasteiger partial charge in [0.25, 0.3) is 11.4 Å². The molecule has 0 amide bonds. The Kier molecular flexibility index (Phi) is 4.54. The minimum Gasteiger partial charge on any atom is -0.458 e. The Morgan fingerprint density at radius 1 is 1.38 bits per heavy atom. The maximum Gasteiger partial charge on any atom is 0.509 e. The fourth-order valence-corrected chi connectivity index (χ4v) is 2.69. The predicted octanol–water partition coefficient (Wildman–Crippen LogP) is -1.26. The van der Waals surface area contributed by atoms with Crippen LogP contribution in [0.25, 0.3) is 0 Å². The molecule has 0 aromatic carbocycles. The van der Waals surface area contributed by atoms with Crippen LogP contribution in [0.15, 0.2) is 21.9 Å². The summed E-state index contributed by atoms with van der Waals surface area (Å²) in [6.07, 6.45) is -4.34. The summed E-state index contributed by atoms with van der Waals surface area (Å²) in [7, 11) is 3.25. The molecular weight excluding hydrogens is 357 g/mol. The Labute approximate surface area is 145 Å². The molecule has 1 N–H and O–H groups in total. The van der Waals surface area contributed by atoms with E-state index in [9.17, 15) is 19.2 Å². The lowest BCUT2D eigenvalue weighted by molar-refractivity contribution is -0.219. The van der Waals surface area contributed by atoms with Gasteiger partial charge in [0.1, 0.15) is 0 Å². The van der Waals surface area contributed by atoms with Gasteiger partial charge in [0.05, 0.1) is 6.54 Å². The number of ether oxygens (including phenoxy) is 4. The van der Waals surface area contributed by atoms with Gasteiger partial charge in [-0.3, -0.25) is 24.0 Å². The number of nitrogens with one attached hydrogen (secondary N) is 1. The third kappa shape index (κ3) is 3.32. The monoisotopic (exact) mass is 373 g/mol. The molecular formula is C14H16FN3O8. The minimum absolute atomic E-state index is 0.0940. The Morgan fingerprint density at radius 2 is 2.12 bits per heavy atom. The maximum atomic E-state index is 15.2. The lowest BCUT2D eigenvalue weighted by atomic mass is 10.1. The van der Waals surface area contributed by atoms with Gasteiger partial charge < -0.3 is 18.9 Å². The molecule has 11 nitrogen and oxygen atoms in total. The van der Waals surface area contributed by atoms with Crippen LogP contribution < -0.4 is 11.2 Å². The summed E-state index contributed by atoms with van der Waals surface area (Å²) in [6.45, 7) is -0.963. The van der Waals surface area contributed by atoms with Crippen LogP contribution in [0.3, 0.4) is 0 Å². The predicted molar refractivity (Wildman–Crippen MR) is 79.9 cm³/mol. The van der Waals surface area contributed by atoms with Crippen LogP contribution >= 0.6 is 0 Å². The topological polar surface area (TPSA) is 129 Å². The first-order valence-electron chi connectivity index (χ1n) is 7.55. The number of hydrogen-bond acceptors (Lipinski definition) is 9. The molecule has 2 fully saturated rings. The fourth-order valence-electron chi connectivity index (χ4n) is 2.69. The van der Waals surface area contributed by atoms with Crippen molar-refractivity contribution in [3.63, 3.8) is 0 Å². The number of rotatable bonds is 5. The highest BCUT2D eigenvalue weighted by atomic mass is 19.2. The van der Waals surface area contributed by atoms with Gasteiger partial charge in [-0.05, 0) is 14.1 Å². The van der Waals surface area contributed by atoms with Crippen molar-refractivity contribution in [2.24, 2.45) is 0 Å². The Balaban J connectivity index is 1.84. The van der Waals surface area contributed by atoms with E-state index >= 15 is 4.39 Å². The molecule has 0 aliphatic carbocycles. The molecule has 3 rings (SSSR count). The summed E-state index contributed by atoms with van der Waals surface area (Å²) in [6, 6.07) is 1.02. The van der Waals surface area contributed by atoms with Crippen LogP contribution in [0.4, 0.5) is 9.18 Å². The molecule has 142 valence electrons. The van der Waals surface area contributed by atoms with Crippen LogP contribution in [0.5, 0.6) is 0 Å². The van der Waals surface area contributed by atoms with Crippen molar-refractivity contribution in [2.45, 2.75) is 24.3 Å². The first-order chi connectivity index (χ1) is 12.2. The smallest absolute Gasteiger partial charge is 0.458 e. The number of carbonyl (C=O) groups excluding carboxylic acids is 2. The molecule has 0 bridgehead atoms. The molecule has 2 saturated heterocycles. The summed E-state index contributed by atoms with van der Waals surface area (Å²) in [5.74, 6) is -3.44. The lowest BCUT2D eigenvalue weighted by Gasteiger charge is -2.23. The molecule has 2 aliphatic rings. The van der Waals surface area contributed by atoms with Gasteiger partial charge >= 0.3 is 17.8 Å². The van der Waals surface area contributed by atoms with E-state index in [0.29, 0.717) is 0 Å². The number of fused-ring (bicyclic) bond motifs is 1. The van der Waals surface area contributed by atoms with E-state index in [-0.39, 0.29) is 6.54 Å². The van der Waals surface area contributed by atoms with E-state index in [1.54, 1.807) is 14.1 Å². The van der Waals surface area contributed by atoms with Crippen LogP contribution in [-0.2, 0) is 23.7 Å². The average molecular weight is 373 g/mol. The first-order valence-corrected chi connectivity index (χ1v) is 7.55. The number of H-pyrrole nitrogens is 1. The van der Waals surface area contributed by atoms with Gasteiger partial charge in [0.15, 0.2) is 18.9 Å². The number of alkyl halides is 1. The van der Waals surface area contributed by atoms with E-state index < -0.39 is 54.3 Å². The van der Waals surface area contributed by atoms with Crippen LogP contribution in [0.1, 0.15) is 6.23 Å². The second-order valence-electron chi connectivity index (χ2n) is 6.08.